The molecule has 3 rings (SSSR count). The summed E-state index contributed by atoms with van der Waals surface area (Å²) in [6.07, 6.45) is 2.29. The van der Waals surface area contributed by atoms with Crippen LogP contribution in [0.2, 0.25) is 5.02 Å². The fraction of sp³-hybridized carbons (Fsp3) is 0.471. The van der Waals surface area contributed by atoms with Gasteiger partial charge in [-0.3, -0.25) is 9.89 Å². The van der Waals surface area contributed by atoms with Crippen LogP contribution in [0.3, 0.4) is 0 Å². The van der Waals surface area contributed by atoms with Crippen molar-refractivity contribution in [2.24, 2.45) is 5.92 Å². The Morgan fingerprint density at radius 2 is 2.24 bits per heavy atom. The summed E-state index contributed by atoms with van der Waals surface area (Å²) >= 11 is 7.19. The minimum atomic E-state index is 0.153. The van der Waals surface area contributed by atoms with E-state index in [0.29, 0.717) is 33.4 Å². The molecule has 0 bridgehead atoms. The lowest BCUT2D eigenvalue weighted by molar-refractivity contribution is -0.130. The van der Waals surface area contributed by atoms with Crippen molar-refractivity contribution in [3.63, 3.8) is 0 Å². The molecular weight excluding hydrogens is 360 g/mol. The molecule has 1 N–H and O–H groups in total. The maximum absolute atomic E-state index is 12.3. The molecule has 1 amide bonds. The molecule has 0 aliphatic carbocycles. The molecule has 25 heavy (non-hydrogen) atoms. The van der Waals surface area contributed by atoms with Crippen LogP contribution in [0.5, 0.6) is 5.75 Å². The first kappa shape index (κ1) is 18.1. The van der Waals surface area contributed by atoms with Gasteiger partial charge in [0.25, 0.3) is 0 Å². The molecule has 0 saturated carbocycles. The topological polar surface area (TPSA) is 71.1 Å². The van der Waals surface area contributed by atoms with Crippen molar-refractivity contribution in [2.75, 3.05) is 18.8 Å². The Balaban J connectivity index is 1.45. The van der Waals surface area contributed by atoms with Gasteiger partial charge >= 0.3 is 0 Å². The molecule has 6 nitrogen and oxygen atoms in total. The van der Waals surface area contributed by atoms with Crippen LogP contribution in [-0.2, 0) is 11.4 Å². The van der Waals surface area contributed by atoms with Crippen LogP contribution in [0.25, 0.3) is 0 Å². The van der Waals surface area contributed by atoms with Gasteiger partial charge in [0.15, 0.2) is 5.82 Å². The third-order valence-corrected chi connectivity index (χ3v) is 5.12. The molecule has 1 aliphatic rings. The monoisotopic (exact) mass is 380 g/mol. The predicted molar refractivity (Wildman–Crippen MR) is 97.9 cm³/mol. The summed E-state index contributed by atoms with van der Waals surface area (Å²) < 4.78 is 5.62. The number of nitrogens with one attached hydrogen (secondary N) is 1. The Labute approximate surface area is 156 Å². The number of aromatic amines is 1. The van der Waals surface area contributed by atoms with Gasteiger partial charge in [0.05, 0.1) is 5.75 Å². The number of nitrogens with zero attached hydrogens (tertiary/aromatic N) is 3. The number of amides is 1. The highest BCUT2D eigenvalue weighted by Crippen LogP contribution is 2.19. The lowest BCUT2D eigenvalue weighted by Gasteiger charge is -2.30. The van der Waals surface area contributed by atoms with E-state index in [1.165, 1.54) is 18.2 Å². The number of H-pyrrole nitrogens is 1. The van der Waals surface area contributed by atoms with E-state index in [1.54, 1.807) is 24.3 Å². The quantitative estimate of drug-likeness (QED) is 0.778. The first-order chi connectivity index (χ1) is 12.1. The zero-order valence-corrected chi connectivity index (χ0v) is 15.6. The fourth-order valence-electron chi connectivity index (χ4n) is 2.72. The van der Waals surface area contributed by atoms with Crippen molar-refractivity contribution in [2.45, 2.75) is 31.5 Å². The average Bonchev–Trinajstić information content (AvgIpc) is 3.07. The van der Waals surface area contributed by atoms with Gasteiger partial charge in [-0.1, -0.05) is 30.3 Å². The standard InChI is InChI=1S/C17H21ClN4O2S/c1-12-3-2-8-22(9-12)16(23)11-25-17-19-15(20-21-17)10-24-14-6-4-13(18)5-7-14/h4-7,12H,2-3,8-11H2,1H3,(H,19,20,21). The van der Waals surface area contributed by atoms with E-state index in [9.17, 15) is 4.79 Å². The summed E-state index contributed by atoms with van der Waals surface area (Å²) in [5.41, 5.74) is 0. The second-order valence-corrected chi connectivity index (χ2v) is 7.56. The SMILES string of the molecule is CC1CCCN(C(=O)CSc2n[nH]c(COc3ccc(Cl)cc3)n2)C1. The predicted octanol–water partition coefficient (Wildman–Crippen LogP) is 3.39. The molecule has 8 heteroatoms. The van der Waals surface area contributed by atoms with Gasteiger partial charge in [-0.15, -0.1) is 5.10 Å². The zero-order chi connectivity index (χ0) is 17.6. The lowest BCUT2D eigenvalue weighted by atomic mass is 10.0. The van der Waals surface area contributed by atoms with E-state index >= 15 is 0 Å². The highest BCUT2D eigenvalue weighted by molar-refractivity contribution is 7.99. The summed E-state index contributed by atoms with van der Waals surface area (Å²) in [5.74, 6) is 2.44. The minimum Gasteiger partial charge on any atom is -0.486 e. The van der Waals surface area contributed by atoms with Gasteiger partial charge in [-0.2, -0.15) is 0 Å². The summed E-state index contributed by atoms with van der Waals surface area (Å²) in [6, 6.07) is 7.14. The normalized spacial score (nSPS) is 17.5. The maximum atomic E-state index is 12.3. The number of ether oxygens (including phenoxy) is 1. The Morgan fingerprint density at radius 3 is 3.00 bits per heavy atom. The summed E-state index contributed by atoms with van der Waals surface area (Å²) in [7, 11) is 0. The minimum absolute atomic E-state index is 0.153. The number of thioether (sulfide) groups is 1. The highest BCUT2D eigenvalue weighted by atomic mass is 35.5. The second kappa shape index (κ2) is 8.58. The molecular formula is C17H21ClN4O2S. The fourth-order valence-corrected chi connectivity index (χ4v) is 3.57. The number of carbonyl (C=O) groups excluding carboxylic acids is 1. The molecule has 2 aromatic rings. The molecule has 134 valence electrons. The van der Waals surface area contributed by atoms with Crippen LogP contribution in [0.15, 0.2) is 29.4 Å². The van der Waals surface area contributed by atoms with E-state index in [1.807, 2.05) is 4.90 Å². The van der Waals surface area contributed by atoms with E-state index in [4.69, 9.17) is 16.3 Å². The number of carbonyl (C=O) groups is 1. The van der Waals surface area contributed by atoms with Crippen molar-refractivity contribution >= 4 is 29.3 Å². The summed E-state index contributed by atoms with van der Waals surface area (Å²) in [4.78, 5) is 18.6. The van der Waals surface area contributed by atoms with Gasteiger partial charge in [0.2, 0.25) is 11.1 Å². The first-order valence-electron chi connectivity index (χ1n) is 8.30. The first-order valence-corrected chi connectivity index (χ1v) is 9.67. The van der Waals surface area contributed by atoms with Crippen LogP contribution in [-0.4, -0.2) is 44.8 Å². The summed E-state index contributed by atoms with van der Waals surface area (Å²) in [5, 5.41) is 8.20. The second-order valence-electron chi connectivity index (χ2n) is 6.18. The smallest absolute Gasteiger partial charge is 0.233 e. The van der Waals surface area contributed by atoms with Crippen molar-refractivity contribution in [1.29, 1.82) is 0 Å². The van der Waals surface area contributed by atoms with Gasteiger partial charge in [0, 0.05) is 18.1 Å². The number of likely N-dealkylation sites (tertiary alicyclic amines) is 1. The number of hydrogen-bond donors (Lipinski definition) is 1. The number of benzene rings is 1. The molecule has 1 aromatic heterocycles. The Bertz CT molecular complexity index is 707. The van der Waals surface area contributed by atoms with Crippen molar-refractivity contribution < 1.29 is 9.53 Å². The van der Waals surface area contributed by atoms with E-state index in [-0.39, 0.29) is 12.5 Å². The van der Waals surface area contributed by atoms with Gasteiger partial charge in [-0.05, 0) is 43.0 Å². The highest BCUT2D eigenvalue weighted by Gasteiger charge is 2.21. The number of hydrogen-bond acceptors (Lipinski definition) is 5. The largest absolute Gasteiger partial charge is 0.486 e. The van der Waals surface area contributed by atoms with Crippen molar-refractivity contribution in [3.8, 4) is 5.75 Å². The number of rotatable bonds is 6. The van der Waals surface area contributed by atoms with Crippen LogP contribution in [0, 0.1) is 5.92 Å². The van der Waals surface area contributed by atoms with Crippen LogP contribution in [0.1, 0.15) is 25.6 Å². The Hall–Kier alpha value is -1.73. The summed E-state index contributed by atoms with van der Waals surface area (Å²) in [6.45, 7) is 4.19. The van der Waals surface area contributed by atoms with Gasteiger partial charge < -0.3 is 9.64 Å². The molecule has 1 aliphatic heterocycles. The maximum Gasteiger partial charge on any atom is 0.233 e. The van der Waals surface area contributed by atoms with Crippen LogP contribution in [0.4, 0.5) is 0 Å². The molecule has 1 aromatic carbocycles. The molecule has 1 fully saturated rings. The lowest BCUT2D eigenvalue weighted by Crippen LogP contribution is -2.40. The average molecular weight is 381 g/mol. The zero-order valence-electron chi connectivity index (χ0n) is 14.1. The number of piperidine rings is 1. The van der Waals surface area contributed by atoms with Crippen molar-refractivity contribution in [3.05, 3.63) is 35.1 Å². The van der Waals surface area contributed by atoms with Gasteiger partial charge in [0.1, 0.15) is 12.4 Å². The van der Waals surface area contributed by atoms with E-state index < -0.39 is 0 Å². The van der Waals surface area contributed by atoms with E-state index in [0.717, 1.165) is 19.5 Å². The van der Waals surface area contributed by atoms with Crippen molar-refractivity contribution in [1.82, 2.24) is 20.1 Å². The number of aromatic nitrogens is 3. The third kappa shape index (κ3) is 5.37. The molecule has 1 atom stereocenters. The van der Waals surface area contributed by atoms with E-state index in [2.05, 4.69) is 22.1 Å². The molecule has 1 unspecified atom stereocenters. The van der Waals surface area contributed by atoms with Gasteiger partial charge in [-0.25, -0.2) is 4.98 Å². The number of halogens is 1. The third-order valence-electron chi connectivity index (χ3n) is 4.03. The Morgan fingerprint density at radius 1 is 1.44 bits per heavy atom. The van der Waals surface area contributed by atoms with Crippen LogP contribution >= 0.6 is 23.4 Å². The van der Waals surface area contributed by atoms with Crippen LogP contribution < -0.4 is 4.74 Å². The molecule has 0 spiro atoms. The molecule has 0 radical (unpaired) electrons. The molecule has 2 heterocycles. The Kier molecular flexibility index (Phi) is 6.20. The molecule has 1 saturated heterocycles.